The van der Waals surface area contributed by atoms with Crippen LogP contribution in [-0.4, -0.2) is 30.8 Å². The number of amides is 1. The smallest absolute Gasteiger partial charge is 0.417 e. The molecule has 0 aliphatic heterocycles. The number of nitrogens with one attached hydrogen (secondary N) is 2. The van der Waals surface area contributed by atoms with Gasteiger partial charge in [0.2, 0.25) is 0 Å². The van der Waals surface area contributed by atoms with Crippen molar-refractivity contribution in [3.8, 4) is 11.5 Å². The lowest BCUT2D eigenvalue weighted by Gasteiger charge is -2.12. The lowest BCUT2D eigenvalue weighted by Crippen LogP contribution is -2.20. The molecule has 3 rings (SSSR count). The molecule has 0 saturated carbocycles. The Labute approximate surface area is 192 Å². The SMILES string of the molecule is COc1cc(/C=N\Nc2ccc(C(F)(F)F)cn2)ccc1OCC(=O)Nc1ccccc1Cl. The van der Waals surface area contributed by atoms with Gasteiger partial charge in [0.05, 0.1) is 29.6 Å². The van der Waals surface area contributed by atoms with E-state index < -0.39 is 17.6 Å². The van der Waals surface area contributed by atoms with E-state index in [-0.39, 0.29) is 12.4 Å². The van der Waals surface area contributed by atoms with Crippen LogP contribution >= 0.6 is 11.6 Å². The van der Waals surface area contributed by atoms with Crippen LogP contribution in [0.2, 0.25) is 5.02 Å². The zero-order chi connectivity index (χ0) is 23.8. The van der Waals surface area contributed by atoms with Crippen LogP contribution in [0.25, 0.3) is 0 Å². The number of aromatic nitrogens is 1. The molecule has 0 aliphatic rings. The van der Waals surface area contributed by atoms with Gasteiger partial charge in [-0.1, -0.05) is 23.7 Å². The second-order valence-corrected chi connectivity index (χ2v) is 6.93. The molecule has 7 nitrogen and oxygen atoms in total. The topological polar surface area (TPSA) is 84.8 Å². The summed E-state index contributed by atoms with van der Waals surface area (Å²) in [5.74, 6) is 0.443. The molecule has 172 valence electrons. The molecule has 1 amide bonds. The molecule has 2 N–H and O–H groups in total. The van der Waals surface area contributed by atoms with Crippen LogP contribution < -0.4 is 20.2 Å². The summed E-state index contributed by atoms with van der Waals surface area (Å²) in [6.45, 7) is -0.268. The van der Waals surface area contributed by atoms with Crippen LogP contribution in [0, 0.1) is 0 Å². The molecule has 1 heterocycles. The van der Waals surface area contributed by atoms with E-state index in [0.717, 1.165) is 12.3 Å². The van der Waals surface area contributed by atoms with Crippen molar-refractivity contribution in [1.82, 2.24) is 4.98 Å². The van der Waals surface area contributed by atoms with Crippen molar-refractivity contribution in [2.24, 2.45) is 5.10 Å². The quantitative estimate of drug-likeness (QED) is 0.342. The molecule has 0 radical (unpaired) electrons. The molecule has 11 heteroatoms. The number of pyridine rings is 1. The van der Waals surface area contributed by atoms with Gasteiger partial charge in [0, 0.05) is 6.20 Å². The Morgan fingerprint density at radius 2 is 1.94 bits per heavy atom. The number of alkyl halides is 3. The Hall–Kier alpha value is -3.79. The number of carbonyl (C=O) groups excluding carboxylic acids is 1. The molecule has 33 heavy (non-hydrogen) atoms. The number of hydrazone groups is 1. The zero-order valence-electron chi connectivity index (χ0n) is 17.2. The monoisotopic (exact) mass is 478 g/mol. The fourth-order valence-corrected chi connectivity index (χ4v) is 2.76. The van der Waals surface area contributed by atoms with Crippen molar-refractivity contribution in [1.29, 1.82) is 0 Å². The maximum Gasteiger partial charge on any atom is 0.417 e. The Balaban J connectivity index is 1.57. The Morgan fingerprint density at radius 1 is 1.15 bits per heavy atom. The van der Waals surface area contributed by atoms with Gasteiger partial charge in [-0.2, -0.15) is 18.3 Å². The minimum Gasteiger partial charge on any atom is -0.493 e. The van der Waals surface area contributed by atoms with Gasteiger partial charge >= 0.3 is 6.18 Å². The summed E-state index contributed by atoms with van der Waals surface area (Å²) >= 11 is 6.01. The number of carbonyl (C=O) groups is 1. The van der Waals surface area contributed by atoms with Crippen LogP contribution in [-0.2, 0) is 11.0 Å². The highest BCUT2D eigenvalue weighted by Gasteiger charge is 2.30. The fraction of sp³-hybridized carbons (Fsp3) is 0.136. The number of rotatable bonds is 8. The van der Waals surface area contributed by atoms with Crippen LogP contribution in [0.3, 0.4) is 0 Å². The third-order valence-corrected chi connectivity index (χ3v) is 4.51. The molecule has 0 fully saturated rings. The number of nitrogens with zero attached hydrogens (tertiary/aromatic N) is 2. The van der Waals surface area contributed by atoms with Crippen LogP contribution in [0.4, 0.5) is 24.7 Å². The highest BCUT2D eigenvalue weighted by molar-refractivity contribution is 6.33. The van der Waals surface area contributed by atoms with E-state index in [2.05, 4.69) is 20.8 Å². The van der Waals surface area contributed by atoms with Crippen molar-refractivity contribution in [2.45, 2.75) is 6.18 Å². The van der Waals surface area contributed by atoms with Crippen LogP contribution in [0.15, 0.2) is 65.9 Å². The molecular weight excluding hydrogens is 461 g/mol. The summed E-state index contributed by atoms with van der Waals surface area (Å²) in [5.41, 5.74) is 2.78. The van der Waals surface area contributed by atoms with E-state index in [1.807, 2.05) is 0 Å². The Morgan fingerprint density at radius 3 is 2.61 bits per heavy atom. The highest BCUT2D eigenvalue weighted by Crippen LogP contribution is 2.29. The zero-order valence-corrected chi connectivity index (χ0v) is 17.9. The molecule has 1 aromatic heterocycles. The van der Waals surface area contributed by atoms with Gasteiger partial charge in [-0.3, -0.25) is 10.2 Å². The number of ether oxygens (including phenoxy) is 2. The first-order valence-corrected chi connectivity index (χ1v) is 9.81. The molecule has 0 spiro atoms. The number of benzene rings is 2. The fourth-order valence-electron chi connectivity index (χ4n) is 2.58. The maximum atomic E-state index is 12.6. The average molecular weight is 479 g/mol. The van der Waals surface area contributed by atoms with E-state index in [1.165, 1.54) is 19.4 Å². The van der Waals surface area contributed by atoms with Gasteiger partial charge in [-0.05, 0) is 48.0 Å². The van der Waals surface area contributed by atoms with E-state index in [9.17, 15) is 18.0 Å². The Kier molecular flexibility index (Phi) is 7.73. The van der Waals surface area contributed by atoms with Crippen molar-refractivity contribution in [3.05, 3.63) is 76.9 Å². The first-order valence-electron chi connectivity index (χ1n) is 9.44. The summed E-state index contributed by atoms with van der Waals surface area (Å²) in [6, 6.07) is 13.8. The summed E-state index contributed by atoms with van der Waals surface area (Å²) in [6.07, 6.45) is -2.31. The predicted octanol–water partition coefficient (Wildman–Crippen LogP) is 5.23. The summed E-state index contributed by atoms with van der Waals surface area (Å²) in [7, 11) is 1.44. The molecule has 3 aromatic rings. The highest BCUT2D eigenvalue weighted by atomic mass is 35.5. The maximum absolute atomic E-state index is 12.6. The van der Waals surface area contributed by atoms with Crippen molar-refractivity contribution >= 4 is 35.2 Å². The predicted molar refractivity (Wildman–Crippen MR) is 119 cm³/mol. The minimum absolute atomic E-state index is 0.149. The van der Waals surface area contributed by atoms with Gasteiger partial charge in [-0.15, -0.1) is 0 Å². The Bertz CT molecular complexity index is 1140. The van der Waals surface area contributed by atoms with E-state index in [4.69, 9.17) is 21.1 Å². The summed E-state index contributed by atoms with van der Waals surface area (Å²) in [5, 5.41) is 7.01. The van der Waals surface area contributed by atoms with Gasteiger partial charge in [0.1, 0.15) is 5.82 Å². The van der Waals surface area contributed by atoms with Crippen molar-refractivity contribution in [2.75, 3.05) is 24.5 Å². The molecule has 2 aromatic carbocycles. The first-order chi connectivity index (χ1) is 15.8. The van der Waals surface area contributed by atoms with E-state index in [1.54, 1.807) is 42.5 Å². The minimum atomic E-state index is -4.45. The number of para-hydroxylation sites is 1. The van der Waals surface area contributed by atoms with E-state index in [0.29, 0.717) is 27.8 Å². The van der Waals surface area contributed by atoms with Crippen molar-refractivity contribution in [3.63, 3.8) is 0 Å². The van der Waals surface area contributed by atoms with Crippen molar-refractivity contribution < 1.29 is 27.4 Å². The lowest BCUT2D eigenvalue weighted by molar-refractivity contribution is -0.137. The second kappa shape index (κ2) is 10.7. The van der Waals surface area contributed by atoms with Crippen LogP contribution in [0.5, 0.6) is 11.5 Å². The summed E-state index contributed by atoms with van der Waals surface area (Å²) in [4.78, 5) is 15.8. The second-order valence-electron chi connectivity index (χ2n) is 6.53. The third kappa shape index (κ3) is 6.84. The largest absolute Gasteiger partial charge is 0.493 e. The summed E-state index contributed by atoms with van der Waals surface area (Å²) < 4.78 is 48.5. The van der Waals surface area contributed by atoms with Crippen LogP contribution in [0.1, 0.15) is 11.1 Å². The number of methoxy groups -OCH3 is 1. The molecule has 0 aliphatic carbocycles. The molecule has 0 bridgehead atoms. The standard InChI is InChI=1S/C22H18ClF3N4O3/c1-32-19-10-14(11-28-30-20-9-7-15(12-27-20)22(24,25)26)6-8-18(19)33-13-21(31)29-17-5-3-2-4-16(17)23/h2-12H,13H2,1H3,(H,27,30)(H,29,31)/b28-11-. The normalized spacial score (nSPS) is 11.3. The molecule has 0 unspecified atom stereocenters. The number of hydrogen-bond donors (Lipinski definition) is 2. The number of anilines is 2. The molecular formula is C22H18ClF3N4O3. The first kappa shape index (κ1) is 23.9. The number of hydrogen-bond acceptors (Lipinski definition) is 6. The van der Waals surface area contributed by atoms with Gasteiger partial charge in [0.15, 0.2) is 18.1 Å². The average Bonchev–Trinajstić information content (AvgIpc) is 2.79. The molecule has 0 atom stereocenters. The van der Waals surface area contributed by atoms with Gasteiger partial charge in [0.25, 0.3) is 5.91 Å². The van der Waals surface area contributed by atoms with Gasteiger partial charge < -0.3 is 14.8 Å². The third-order valence-electron chi connectivity index (χ3n) is 4.18. The van der Waals surface area contributed by atoms with E-state index >= 15 is 0 Å². The molecule has 0 saturated heterocycles. The number of halogens is 4. The lowest BCUT2D eigenvalue weighted by atomic mass is 10.2. The van der Waals surface area contributed by atoms with Gasteiger partial charge in [-0.25, -0.2) is 4.98 Å².